The lowest BCUT2D eigenvalue weighted by Gasteiger charge is -2.26. The van der Waals surface area contributed by atoms with E-state index in [1.807, 2.05) is 44.7 Å². The Morgan fingerprint density at radius 2 is 1.90 bits per heavy atom. The summed E-state index contributed by atoms with van der Waals surface area (Å²) in [6, 6.07) is 3.97. The number of carbonyl (C=O) groups is 1. The second-order valence-corrected chi connectivity index (χ2v) is 6.59. The van der Waals surface area contributed by atoms with Gasteiger partial charge in [0, 0.05) is 35.8 Å². The van der Waals surface area contributed by atoms with Crippen LogP contribution in [0.5, 0.6) is 0 Å². The van der Waals surface area contributed by atoms with Crippen molar-refractivity contribution in [1.82, 2.24) is 9.88 Å². The lowest BCUT2D eigenvalue weighted by molar-refractivity contribution is 0.0716. The fourth-order valence-corrected chi connectivity index (χ4v) is 2.22. The molecule has 0 bridgehead atoms. The Hall–Kier alpha value is -1.58. The first-order chi connectivity index (χ1) is 9.70. The minimum Gasteiger partial charge on any atom is -0.370 e. The molecule has 0 saturated carbocycles. The van der Waals surface area contributed by atoms with Crippen molar-refractivity contribution in [3.05, 3.63) is 23.4 Å². The molecule has 118 valence electrons. The third kappa shape index (κ3) is 4.45. The third-order valence-electron chi connectivity index (χ3n) is 3.42. The predicted octanol–water partition coefficient (Wildman–Crippen LogP) is 3.68. The van der Waals surface area contributed by atoms with E-state index in [9.17, 15) is 4.79 Å². The van der Waals surface area contributed by atoms with Crippen LogP contribution in [0.25, 0.3) is 0 Å². The van der Waals surface area contributed by atoms with Crippen molar-refractivity contribution < 1.29 is 4.79 Å². The van der Waals surface area contributed by atoms with E-state index in [4.69, 9.17) is 0 Å². The molecule has 0 fully saturated rings. The maximum Gasteiger partial charge on any atom is 0.254 e. The van der Waals surface area contributed by atoms with Crippen molar-refractivity contribution in [2.24, 2.45) is 0 Å². The van der Waals surface area contributed by atoms with Crippen LogP contribution in [-0.4, -0.2) is 34.9 Å². The molecule has 0 spiro atoms. The van der Waals surface area contributed by atoms with Crippen molar-refractivity contribution in [2.45, 2.75) is 59.9 Å². The van der Waals surface area contributed by atoms with Gasteiger partial charge in [0.25, 0.3) is 5.91 Å². The monoisotopic (exact) mass is 291 g/mol. The van der Waals surface area contributed by atoms with Gasteiger partial charge in [-0.3, -0.25) is 4.79 Å². The zero-order chi connectivity index (χ0) is 16.2. The zero-order valence-corrected chi connectivity index (χ0v) is 14.4. The van der Waals surface area contributed by atoms with Gasteiger partial charge in [-0.05, 0) is 39.8 Å². The molecule has 1 N–H and O–H groups in total. The van der Waals surface area contributed by atoms with E-state index in [0.717, 1.165) is 18.1 Å². The first-order valence-electron chi connectivity index (χ1n) is 7.78. The van der Waals surface area contributed by atoms with Gasteiger partial charge >= 0.3 is 0 Å². The largest absolute Gasteiger partial charge is 0.370 e. The molecule has 0 aliphatic heterocycles. The van der Waals surface area contributed by atoms with Gasteiger partial charge in [-0.2, -0.15) is 0 Å². The van der Waals surface area contributed by atoms with Gasteiger partial charge in [-0.25, -0.2) is 4.98 Å². The molecular formula is C17H29N3O. The molecule has 1 amide bonds. The van der Waals surface area contributed by atoms with E-state index in [2.05, 4.69) is 31.1 Å². The zero-order valence-electron chi connectivity index (χ0n) is 14.4. The van der Waals surface area contributed by atoms with Crippen molar-refractivity contribution in [1.29, 1.82) is 0 Å². The molecule has 0 atom stereocenters. The van der Waals surface area contributed by atoms with Gasteiger partial charge < -0.3 is 10.2 Å². The lowest BCUT2D eigenvalue weighted by atomic mass is 9.90. The Morgan fingerprint density at radius 1 is 1.29 bits per heavy atom. The van der Waals surface area contributed by atoms with Crippen molar-refractivity contribution >= 4 is 11.7 Å². The van der Waals surface area contributed by atoms with E-state index in [-0.39, 0.29) is 17.4 Å². The van der Waals surface area contributed by atoms with Crippen molar-refractivity contribution in [3.63, 3.8) is 0 Å². The normalized spacial score (nSPS) is 11.6. The molecule has 0 aliphatic carbocycles. The molecular weight excluding hydrogens is 262 g/mol. The number of carbonyl (C=O) groups excluding carboxylic acids is 1. The molecule has 4 nitrogen and oxygen atoms in total. The molecule has 0 radical (unpaired) electrons. The first kappa shape index (κ1) is 17.5. The number of anilines is 1. The minimum atomic E-state index is -0.0880. The Labute approximate surface area is 129 Å². The summed E-state index contributed by atoms with van der Waals surface area (Å²) in [5.41, 5.74) is 1.56. The summed E-state index contributed by atoms with van der Waals surface area (Å²) in [5, 5.41) is 3.22. The topological polar surface area (TPSA) is 45.2 Å². The average molecular weight is 291 g/mol. The summed E-state index contributed by atoms with van der Waals surface area (Å²) in [5.74, 6) is 0.840. The number of nitrogens with zero attached hydrogens (tertiary/aromatic N) is 2. The first-order valence-corrected chi connectivity index (χ1v) is 7.78. The highest BCUT2D eigenvalue weighted by Gasteiger charge is 2.22. The fraction of sp³-hybridized carbons (Fsp3) is 0.647. The number of hydrogen-bond acceptors (Lipinski definition) is 3. The summed E-state index contributed by atoms with van der Waals surface area (Å²) in [6.07, 6.45) is 0. The molecule has 0 aromatic carbocycles. The van der Waals surface area contributed by atoms with Crippen LogP contribution in [0.2, 0.25) is 0 Å². The quantitative estimate of drug-likeness (QED) is 0.900. The Kier molecular flexibility index (Phi) is 5.76. The number of amides is 1. The SMILES string of the molecule is CCNc1cc(C(=O)N(CC)C(C)C)cc(C(C)(C)C)n1. The van der Waals surface area contributed by atoms with Crippen LogP contribution in [0, 0.1) is 0 Å². The molecule has 1 aromatic heterocycles. The van der Waals surface area contributed by atoms with E-state index < -0.39 is 0 Å². The maximum absolute atomic E-state index is 12.7. The summed E-state index contributed by atoms with van der Waals surface area (Å²) >= 11 is 0. The van der Waals surface area contributed by atoms with E-state index >= 15 is 0 Å². The van der Waals surface area contributed by atoms with Gasteiger partial charge in [0.2, 0.25) is 0 Å². The van der Waals surface area contributed by atoms with Crippen LogP contribution in [-0.2, 0) is 5.41 Å². The average Bonchev–Trinajstić information content (AvgIpc) is 2.38. The standard InChI is InChI=1S/C17H29N3O/c1-8-18-15-11-13(10-14(19-15)17(5,6)7)16(21)20(9-2)12(3)4/h10-12H,8-9H2,1-7H3,(H,18,19). The second kappa shape index (κ2) is 6.92. The maximum atomic E-state index is 12.7. The van der Waals surface area contributed by atoms with Crippen LogP contribution in [0.15, 0.2) is 12.1 Å². The number of aromatic nitrogens is 1. The highest BCUT2D eigenvalue weighted by molar-refractivity contribution is 5.95. The number of nitrogens with one attached hydrogen (secondary N) is 1. The Balaban J connectivity index is 3.28. The van der Waals surface area contributed by atoms with E-state index in [0.29, 0.717) is 12.1 Å². The highest BCUT2D eigenvalue weighted by Crippen LogP contribution is 2.24. The summed E-state index contributed by atoms with van der Waals surface area (Å²) in [4.78, 5) is 19.2. The minimum absolute atomic E-state index is 0.0690. The molecule has 0 saturated heterocycles. The molecule has 1 heterocycles. The number of pyridine rings is 1. The van der Waals surface area contributed by atoms with Gasteiger partial charge in [-0.1, -0.05) is 20.8 Å². The second-order valence-electron chi connectivity index (χ2n) is 6.59. The smallest absolute Gasteiger partial charge is 0.254 e. The van der Waals surface area contributed by atoms with Crippen molar-refractivity contribution in [2.75, 3.05) is 18.4 Å². The predicted molar refractivity (Wildman–Crippen MR) is 88.9 cm³/mol. The summed E-state index contributed by atoms with van der Waals surface area (Å²) in [7, 11) is 0. The Bertz CT molecular complexity index is 489. The Morgan fingerprint density at radius 3 is 2.33 bits per heavy atom. The van der Waals surface area contributed by atoms with Gasteiger partial charge in [0.15, 0.2) is 0 Å². The highest BCUT2D eigenvalue weighted by atomic mass is 16.2. The molecule has 0 unspecified atom stereocenters. The van der Waals surface area contributed by atoms with Gasteiger partial charge in [0.1, 0.15) is 5.82 Å². The molecule has 1 aromatic rings. The third-order valence-corrected chi connectivity index (χ3v) is 3.42. The van der Waals surface area contributed by atoms with Crippen LogP contribution in [0.4, 0.5) is 5.82 Å². The molecule has 21 heavy (non-hydrogen) atoms. The van der Waals surface area contributed by atoms with Crippen LogP contribution in [0.1, 0.15) is 64.5 Å². The molecule has 0 aliphatic rings. The van der Waals surface area contributed by atoms with Gasteiger partial charge in [0.05, 0.1) is 0 Å². The number of hydrogen-bond donors (Lipinski definition) is 1. The lowest BCUT2D eigenvalue weighted by Crippen LogP contribution is -2.37. The van der Waals surface area contributed by atoms with Gasteiger partial charge in [-0.15, -0.1) is 0 Å². The van der Waals surface area contributed by atoms with Crippen molar-refractivity contribution in [3.8, 4) is 0 Å². The van der Waals surface area contributed by atoms with Crippen LogP contribution in [0.3, 0.4) is 0 Å². The fourth-order valence-electron chi connectivity index (χ4n) is 2.22. The molecule has 4 heteroatoms. The van der Waals surface area contributed by atoms with E-state index in [1.54, 1.807) is 0 Å². The van der Waals surface area contributed by atoms with Crippen LogP contribution < -0.4 is 5.32 Å². The molecule has 1 rings (SSSR count). The van der Waals surface area contributed by atoms with E-state index in [1.165, 1.54) is 0 Å². The summed E-state index contributed by atoms with van der Waals surface area (Å²) < 4.78 is 0. The summed E-state index contributed by atoms with van der Waals surface area (Å²) in [6.45, 7) is 15.9. The van der Waals surface area contributed by atoms with Crippen LogP contribution >= 0.6 is 0 Å². The number of rotatable bonds is 5.